The summed E-state index contributed by atoms with van der Waals surface area (Å²) in [6, 6.07) is 4.47. The maximum absolute atomic E-state index is 13.9. The summed E-state index contributed by atoms with van der Waals surface area (Å²) in [7, 11) is 0. The number of anilines is 1. The number of benzene rings is 1. The van der Waals surface area contributed by atoms with Crippen molar-refractivity contribution >= 4 is 23.4 Å². The number of aliphatic hydroxyl groups is 1. The number of hydrogen-bond donors (Lipinski definition) is 2. The first-order valence-corrected chi connectivity index (χ1v) is 7.57. The van der Waals surface area contributed by atoms with Gasteiger partial charge in [-0.15, -0.1) is 11.8 Å². The molecular weight excluding hydrogens is 277 g/mol. The van der Waals surface area contributed by atoms with Crippen molar-refractivity contribution < 1.29 is 14.3 Å². The van der Waals surface area contributed by atoms with Crippen LogP contribution in [0.3, 0.4) is 0 Å². The van der Waals surface area contributed by atoms with Crippen LogP contribution in [0.1, 0.15) is 24.8 Å². The van der Waals surface area contributed by atoms with E-state index in [0.29, 0.717) is 12.0 Å². The molecule has 1 aliphatic rings. The molecule has 1 aromatic carbocycles. The number of nitrogens with one attached hydrogen (secondary N) is 1. The quantitative estimate of drug-likeness (QED) is 0.841. The van der Waals surface area contributed by atoms with E-state index >= 15 is 0 Å². The predicted molar refractivity (Wildman–Crippen MR) is 79.1 cm³/mol. The molecule has 0 aliphatic carbocycles. The third-order valence-electron chi connectivity index (χ3n) is 2.92. The standard InChI is InChI=1S/C15H16FNO2S/c16-12-10-11(4-1-2-8-18)6-7-13(12)17-15(19)14-5-3-9-20-14/h6-7,10,14,18H,2-3,5,8-9H2,(H,17,19). The van der Waals surface area contributed by atoms with E-state index in [-0.39, 0.29) is 23.5 Å². The Hall–Kier alpha value is -1.51. The van der Waals surface area contributed by atoms with E-state index in [0.717, 1.165) is 18.6 Å². The minimum absolute atomic E-state index is 0.0112. The van der Waals surface area contributed by atoms with Gasteiger partial charge < -0.3 is 10.4 Å². The maximum Gasteiger partial charge on any atom is 0.237 e. The van der Waals surface area contributed by atoms with E-state index in [1.807, 2.05) is 0 Å². The van der Waals surface area contributed by atoms with Gasteiger partial charge in [-0.25, -0.2) is 4.39 Å². The van der Waals surface area contributed by atoms with Gasteiger partial charge in [-0.2, -0.15) is 0 Å². The number of carbonyl (C=O) groups excluding carboxylic acids is 1. The van der Waals surface area contributed by atoms with Crippen LogP contribution >= 0.6 is 11.8 Å². The first-order chi connectivity index (χ1) is 9.70. The maximum atomic E-state index is 13.9. The number of hydrogen-bond acceptors (Lipinski definition) is 3. The highest BCUT2D eigenvalue weighted by Gasteiger charge is 2.23. The smallest absolute Gasteiger partial charge is 0.237 e. The molecular formula is C15H16FNO2S. The van der Waals surface area contributed by atoms with Crippen molar-refractivity contribution in [2.45, 2.75) is 24.5 Å². The number of rotatable bonds is 3. The van der Waals surface area contributed by atoms with Gasteiger partial charge in [0.1, 0.15) is 5.82 Å². The molecule has 0 bridgehead atoms. The van der Waals surface area contributed by atoms with Crippen LogP contribution in [-0.4, -0.2) is 28.6 Å². The molecule has 0 aromatic heterocycles. The van der Waals surface area contributed by atoms with Crippen LogP contribution in [-0.2, 0) is 4.79 Å². The molecule has 1 heterocycles. The van der Waals surface area contributed by atoms with Gasteiger partial charge in [0.05, 0.1) is 17.5 Å². The fourth-order valence-corrected chi connectivity index (χ4v) is 3.07. The van der Waals surface area contributed by atoms with Crippen molar-refractivity contribution in [3.8, 4) is 11.8 Å². The summed E-state index contributed by atoms with van der Waals surface area (Å²) in [6.45, 7) is -0.0112. The summed E-state index contributed by atoms with van der Waals surface area (Å²) in [5.41, 5.74) is 0.722. The Balaban J connectivity index is 2.02. The predicted octanol–water partition coefficient (Wildman–Crippen LogP) is 2.39. The lowest BCUT2D eigenvalue weighted by molar-refractivity contribution is -0.115. The highest BCUT2D eigenvalue weighted by Crippen LogP contribution is 2.27. The van der Waals surface area contributed by atoms with Gasteiger partial charge in [0.15, 0.2) is 0 Å². The first kappa shape index (κ1) is 14.9. The topological polar surface area (TPSA) is 49.3 Å². The SMILES string of the molecule is O=C(Nc1ccc(C#CCCO)cc1F)C1CCCS1. The van der Waals surface area contributed by atoms with E-state index in [2.05, 4.69) is 17.2 Å². The van der Waals surface area contributed by atoms with Crippen LogP contribution in [0.15, 0.2) is 18.2 Å². The normalized spacial score (nSPS) is 17.4. The van der Waals surface area contributed by atoms with Gasteiger partial charge in [0, 0.05) is 12.0 Å². The van der Waals surface area contributed by atoms with E-state index in [9.17, 15) is 9.18 Å². The van der Waals surface area contributed by atoms with Crippen LogP contribution in [0.25, 0.3) is 0 Å². The number of thioether (sulfide) groups is 1. The van der Waals surface area contributed by atoms with E-state index < -0.39 is 5.82 Å². The van der Waals surface area contributed by atoms with Gasteiger partial charge in [-0.1, -0.05) is 11.8 Å². The Morgan fingerprint density at radius 1 is 1.55 bits per heavy atom. The van der Waals surface area contributed by atoms with Gasteiger partial charge in [0.2, 0.25) is 5.91 Å². The van der Waals surface area contributed by atoms with Crippen molar-refractivity contribution in [2.24, 2.45) is 0 Å². The monoisotopic (exact) mass is 293 g/mol. The highest BCUT2D eigenvalue weighted by molar-refractivity contribution is 8.00. The molecule has 1 atom stereocenters. The zero-order valence-corrected chi connectivity index (χ0v) is 11.8. The van der Waals surface area contributed by atoms with E-state index in [1.165, 1.54) is 12.1 Å². The van der Waals surface area contributed by atoms with Crippen molar-refractivity contribution in [2.75, 3.05) is 17.7 Å². The minimum Gasteiger partial charge on any atom is -0.395 e. The van der Waals surface area contributed by atoms with Crippen molar-refractivity contribution in [1.82, 2.24) is 0 Å². The summed E-state index contributed by atoms with van der Waals surface area (Å²) in [5.74, 6) is 5.84. The average Bonchev–Trinajstić information content (AvgIpc) is 2.96. The van der Waals surface area contributed by atoms with Crippen LogP contribution < -0.4 is 5.32 Å². The average molecular weight is 293 g/mol. The lowest BCUT2D eigenvalue weighted by atomic mass is 10.2. The fraction of sp³-hybridized carbons (Fsp3) is 0.400. The molecule has 0 saturated carbocycles. The van der Waals surface area contributed by atoms with Crippen molar-refractivity contribution in [3.05, 3.63) is 29.6 Å². The molecule has 1 aromatic rings. The lowest BCUT2D eigenvalue weighted by Crippen LogP contribution is -2.23. The van der Waals surface area contributed by atoms with Gasteiger partial charge >= 0.3 is 0 Å². The molecule has 106 valence electrons. The Morgan fingerprint density at radius 2 is 2.40 bits per heavy atom. The summed E-state index contributed by atoms with van der Waals surface area (Å²) < 4.78 is 13.9. The highest BCUT2D eigenvalue weighted by atomic mass is 32.2. The molecule has 1 unspecified atom stereocenters. The third kappa shape index (κ3) is 3.99. The Bertz CT molecular complexity index is 545. The Labute approximate surface area is 122 Å². The zero-order valence-electron chi connectivity index (χ0n) is 11.0. The zero-order chi connectivity index (χ0) is 14.4. The summed E-state index contributed by atoms with van der Waals surface area (Å²) in [5, 5.41) is 11.2. The second-order valence-corrected chi connectivity index (χ2v) is 5.77. The first-order valence-electron chi connectivity index (χ1n) is 6.52. The van der Waals surface area contributed by atoms with Crippen LogP contribution in [0.2, 0.25) is 0 Å². The molecule has 3 nitrogen and oxygen atoms in total. The molecule has 2 rings (SSSR count). The van der Waals surface area contributed by atoms with Crippen LogP contribution in [0.4, 0.5) is 10.1 Å². The third-order valence-corrected chi connectivity index (χ3v) is 4.30. The van der Waals surface area contributed by atoms with Gasteiger partial charge in [-0.3, -0.25) is 4.79 Å². The molecule has 0 spiro atoms. The molecule has 5 heteroatoms. The van der Waals surface area contributed by atoms with E-state index in [4.69, 9.17) is 5.11 Å². The van der Waals surface area contributed by atoms with Crippen LogP contribution in [0.5, 0.6) is 0 Å². The largest absolute Gasteiger partial charge is 0.395 e. The molecule has 0 radical (unpaired) electrons. The molecule has 20 heavy (non-hydrogen) atoms. The summed E-state index contributed by atoms with van der Waals surface area (Å²) in [4.78, 5) is 11.9. The molecule has 1 aliphatic heterocycles. The number of halogens is 1. The van der Waals surface area contributed by atoms with Crippen LogP contribution in [0, 0.1) is 17.7 Å². The Morgan fingerprint density at radius 3 is 3.05 bits per heavy atom. The van der Waals surface area contributed by atoms with Crippen molar-refractivity contribution in [1.29, 1.82) is 0 Å². The molecule has 1 amide bonds. The van der Waals surface area contributed by atoms with Gasteiger partial charge in [-0.05, 0) is 36.8 Å². The Kier molecular flexibility index (Phi) is 5.45. The number of carbonyl (C=O) groups is 1. The molecule has 2 N–H and O–H groups in total. The molecule has 1 saturated heterocycles. The number of amides is 1. The summed E-state index contributed by atoms with van der Waals surface area (Å²) in [6.07, 6.45) is 2.24. The van der Waals surface area contributed by atoms with E-state index in [1.54, 1.807) is 17.8 Å². The minimum atomic E-state index is -0.489. The van der Waals surface area contributed by atoms with Crippen molar-refractivity contribution in [3.63, 3.8) is 0 Å². The summed E-state index contributed by atoms with van der Waals surface area (Å²) >= 11 is 1.61. The lowest BCUT2D eigenvalue weighted by Gasteiger charge is -2.10. The second kappa shape index (κ2) is 7.32. The second-order valence-electron chi connectivity index (χ2n) is 4.46. The fourth-order valence-electron chi connectivity index (χ4n) is 1.91. The number of aliphatic hydroxyl groups excluding tert-OH is 1. The molecule has 1 fully saturated rings. The van der Waals surface area contributed by atoms with Gasteiger partial charge in [0.25, 0.3) is 0 Å².